The van der Waals surface area contributed by atoms with Crippen molar-refractivity contribution in [1.29, 1.82) is 0 Å². The van der Waals surface area contributed by atoms with E-state index in [-0.39, 0.29) is 18.1 Å². The lowest BCUT2D eigenvalue weighted by molar-refractivity contribution is -0.151. The smallest absolute Gasteiger partial charge is 0.326 e. The van der Waals surface area contributed by atoms with Crippen molar-refractivity contribution < 1.29 is 24.2 Å². The van der Waals surface area contributed by atoms with E-state index >= 15 is 0 Å². The molecule has 0 radical (unpaired) electrons. The number of carboxylic acid groups (broad SMARTS) is 1. The zero-order valence-corrected chi connectivity index (χ0v) is 13.4. The number of carbonyl (C=O) groups is 3. The standard InChI is InChI=1S/C17H21NO5/c1-11(19)12-6-7-15(23-2)13(9-12)10-16(20)18-8-4-3-5-14(18)17(21)22/h6-7,9,14H,3-5,8,10H2,1-2H3,(H,21,22)/t14-/m1/s1. The topological polar surface area (TPSA) is 83.9 Å². The Morgan fingerprint density at radius 1 is 1.30 bits per heavy atom. The van der Waals surface area contributed by atoms with Gasteiger partial charge < -0.3 is 14.7 Å². The fourth-order valence-electron chi connectivity index (χ4n) is 2.89. The summed E-state index contributed by atoms with van der Waals surface area (Å²) < 4.78 is 5.24. The first kappa shape index (κ1) is 17.0. The fourth-order valence-corrected chi connectivity index (χ4v) is 2.89. The van der Waals surface area contributed by atoms with E-state index < -0.39 is 12.0 Å². The van der Waals surface area contributed by atoms with E-state index in [1.54, 1.807) is 18.2 Å². The quantitative estimate of drug-likeness (QED) is 0.838. The summed E-state index contributed by atoms with van der Waals surface area (Å²) in [5, 5.41) is 9.28. The maximum Gasteiger partial charge on any atom is 0.326 e. The summed E-state index contributed by atoms with van der Waals surface area (Å²) in [4.78, 5) is 36.8. The maximum absolute atomic E-state index is 12.6. The second-order valence-electron chi connectivity index (χ2n) is 5.70. The molecule has 0 bridgehead atoms. The third-order valence-corrected chi connectivity index (χ3v) is 4.14. The van der Waals surface area contributed by atoms with Gasteiger partial charge in [0.15, 0.2) is 5.78 Å². The van der Waals surface area contributed by atoms with Gasteiger partial charge in [0.1, 0.15) is 11.8 Å². The molecule has 0 saturated carbocycles. The molecule has 0 spiro atoms. The highest BCUT2D eigenvalue weighted by molar-refractivity contribution is 5.95. The normalized spacial score (nSPS) is 17.7. The van der Waals surface area contributed by atoms with Crippen molar-refractivity contribution in [3.8, 4) is 5.75 Å². The number of nitrogens with zero attached hydrogens (tertiary/aromatic N) is 1. The molecule has 0 unspecified atom stereocenters. The number of likely N-dealkylation sites (tertiary alicyclic amines) is 1. The molecule has 0 aromatic heterocycles. The highest BCUT2D eigenvalue weighted by Crippen LogP contribution is 2.24. The van der Waals surface area contributed by atoms with Gasteiger partial charge in [-0.2, -0.15) is 0 Å². The fraction of sp³-hybridized carbons (Fsp3) is 0.471. The number of hydrogen-bond donors (Lipinski definition) is 1. The number of piperidine rings is 1. The highest BCUT2D eigenvalue weighted by Gasteiger charge is 2.32. The Bertz CT molecular complexity index is 625. The number of benzene rings is 1. The average molecular weight is 319 g/mol. The zero-order chi connectivity index (χ0) is 17.0. The van der Waals surface area contributed by atoms with Crippen molar-refractivity contribution in [2.24, 2.45) is 0 Å². The summed E-state index contributed by atoms with van der Waals surface area (Å²) in [7, 11) is 1.50. The molecule has 124 valence electrons. The van der Waals surface area contributed by atoms with Gasteiger partial charge in [0.05, 0.1) is 13.5 Å². The Balaban J connectivity index is 2.23. The maximum atomic E-state index is 12.6. The molecule has 6 heteroatoms. The second kappa shape index (κ2) is 7.26. The largest absolute Gasteiger partial charge is 0.496 e. The van der Waals surface area contributed by atoms with Gasteiger partial charge in [-0.15, -0.1) is 0 Å². The third kappa shape index (κ3) is 3.88. The van der Waals surface area contributed by atoms with Crippen LogP contribution in [0, 0.1) is 0 Å². The zero-order valence-electron chi connectivity index (χ0n) is 13.4. The number of ketones is 1. The number of methoxy groups -OCH3 is 1. The van der Waals surface area contributed by atoms with Crippen molar-refractivity contribution in [3.05, 3.63) is 29.3 Å². The Morgan fingerprint density at radius 3 is 2.65 bits per heavy atom. The van der Waals surface area contributed by atoms with Crippen LogP contribution < -0.4 is 4.74 Å². The molecular formula is C17H21NO5. The molecule has 2 rings (SSSR count). The van der Waals surface area contributed by atoms with Crippen molar-refractivity contribution >= 4 is 17.7 Å². The SMILES string of the molecule is COc1ccc(C(C)=O)cc1CC(=O)N1CCCC[C@@H]1C(=O)O. The summed E-state index contributed by atoms with van der Waals surface area (Å²) in [5.74, 6) is -0.798. The van der Waals surface area contributed by atoms with Gasteiger partial charge in [-0.05, 0) is 44.4 Å². The van der Waals surface area contributed by atoms with E-state index in [1.807, 2.05) is 0 Å². The van der Waals surface area contributed by atoms with Gasteiger partial charge in [0.25, 0.3) is 0 Å². The third-order valence-electron chi connectivity index (χ3n) is 4.14. The molecule has 1 aliphatic rings. The van der Waals surface area contributed by atoms with Crippen LogP contribution in [-0.2, 0) is 16.0 Å². The van der Waals surface area contributed by atoms with Crippen LogP contribution in [0.4, 0.5) is 0 Å². The molecule has 1 amide bonds. The van der Waals surface area contributed by atoms with E-state index in [1.165, 1.54) is 18.9 Å². The molecule has 1 heterocycles. The van der Waals surface area contributed by atoms with Gasteiger partial charge >= 0.3 is 5.97 Å². The first-order chi connectivity index (χ1) is 10.9. The number of ether oxygens (including phenoxy) is 1. The number of carbonyl (C=O) groups excluding carboxylic acids is 2. The number of aliphatic carboxylic acids is 1. The van der Waals surface area contributed by atoms with Crippen LogP contribution in [0.1, 0.15) is 42.1 Å². The monoisotopic (exact) mass is 319 g/mol. The van der Waals surface area contributed by atoms with Crippen LogP contribution in [0.25, 0.3) is 0 Å². The number of Topliss-reactive ketones (excluding diaryl/α,β-unsaturated/α-hetero) is 1. The number of amides is 1. The predicted octanol–water partition coefficient (Wildman–Crippen LogP) is 1.91. The number of carboxylic acids is 1. The first-order valence-electron chi connectivity index (χ1n) is 7.64. The molecule has 0 aliphatic carbocycles. The molecule has 6 nitrogen and oxygen atoms in total. The van der Waals surface area contributed by atoms with E-state index in [9.17, 15) is 19.5 Å². The Kier molecular flexibility index (Phi) is 5.36. The summed E-state index contributed by atoms with van der Waals surface area (Å²) in [6, 6.07) is 4.18. The van der Waals surface area contributed by atoms with Crippen LogP contribution >= 0.6 is 0 Å². The molecule has 1 aromatic rings. The van der Waals surface area contributed by atoms with Gasteiger partial charge in [-0.25, -0.2) is 4.79 Å². The molecule has 1 aliphatic heterocycles. The Hall–Kier alpha value is -2.37. The van der Waals surface area contributed by atoms with E-state index in [0.29, 0.717) is 29.8 Å². The minimum Gasteiger partial charge on any atom is -0.496 e. The average Bonchev–Trinajstić information content (AvgIpc) is 2.54. The van der Waals surface area contributed by atoms with Gasteiger partial charge in [0.2, 0.25) is 5.91 Å². The predicted molar refractivity (Wildman–Crippen MR) is 83.7 cm³/mol. The van der Waals surface area contributed by atoms with Crippen molar-refractivity contribution in [2.75, 3.05) is 13.7 Å². The summed E-state index contributed by atoms with van der Waals surface area (Å²) in [6.45, 7) is 1.91. The van der Waals surface area contributed by atoms with Gasteiger partial charge in [0, 0.05) is 17.7 Å². The second-order valence-corrected chi connectivity index (χ2v) is 5.70. The number of hydrogen-bond acceptors (Lipinski definition) is 4. The number of rotatable bonds is 5. The van der Waals surface area contributed by atoms with Crippen LogP contribution in [0.5, 0.6) is 5.75 Å². The summed E-state index contributed by atoms with van der Waals surface area (Å²) in [6.07, 6.45) is 2.11. The molecule has 23 heavy (non-hydrogen) atoms. The van der Waals surface area contributed by atoms with Crippen LogP contribution in [0.15, 0.2) is 18.2 Å². The molecular weight excluding hydrogens is 298 g/mol. The molecule has 1 aromatic carbocycles. The summed E-state index contributed by atoms with van der Waals surface area (Å²) >= 11 is 0. The lowest BCUT2D eigenvalue weighted by atomic mass is 9.99. The Labute approximate surface area is 135 Å². The lowest BCUT2D eigenvalue weighted by Crippen LogP contribution is -2.48. The minimum absolute atomic E-state index is 0.0219. The van der Waals surface area contributed by atoms with E-state index in [2.05, 4.69) is 0 Å². The van der Waals surface area contributed by atoms with Gasteiger partial charge in [-0.1, -0.05) is 0 Å². The van der Waals surface area contributed by atoms with Crippen molar-refractivity contribution in [3.63, 3.8) is 0 Å². The molecule has 1 fully saturated rings. The van der Waals surface area contributed by atoms with Crippen LogP contribution in [0.3, 0.4) is 0 Å². The Morgan fingerprint density at radius 2 is 2.04 bits per heavy atom. The molecule has 1 atom stereocenters. The van der Waals surface area contributed by atoms with E-state index in [0.717, 1.165) is 12.8 Å². The van der Waals surface area contributed by atoms with Crippen molar-refractivity contribution in [2.45, 2.75) is 38.6 Å². The lowest BCUT2D eigenvalue weighted by Gasteiger charge is -2.33. The van der Waals surface area contributed by atoms with Crippen LogP contribution in [-0.4, -0.2) is 47.4 Å². The van der Waals surface area contributed by atoms with Crippen LogP contribution in [0.2, 0.25) is 0 Å². The molecule has 1 N–H and O–H groups in total. The van der Waals surface area contributed by atoms with Crippen molar-refractivity contribution in [1.82, 2.24) is 4.90 Å². The summed E-state index contributed by atoms with van der Waals surface area (Å²) in [5.41, 5.74) is 1.10. The minimum atomic E-state index is -0.970. The van der Waals surface area contributed by atoms with E-state index in [4.69, 9.17) is 4.74 Å². The van der Waals surface area contributed by atoms with Gasteiger partial charge in [-0.3, -0.25) is 9.59 Å². The first-order valence-corrected chi connectivity index (χ1v) is 7.64. The molecule has 1 saturated heterocycles. The highest BCUT2D eigenvalue weighted by atomic mass is 16.5.